The van der Waals surface area contributed by atoms with E-state index in [0.717, 1.165) is 6.07 Å². The number of hydrogen-bond acceptors (Lipinski definition) is 2. The lowest BCUT2D eigenvalue weighted by molar-refractivity contribution is 0.102. The van der Waals surface area contributed by atoms with Gasteiger partial charge in [-0.3, -0.25) is 9.48 Å². The number of benzene rings is 1. The van der Waals surface area contributed by atoms with Crippen LogP contribution < -0.4 is 0 Å². The van der Waals surface area contributed by atoms with Crippen molar-refractivity contribution in [3.05, 3.63) is 52.1 Å². The molecular formula is C12H8ClF3N2O. The van der Waals surface area contributed by atoms with E-state index in [1.165, 1.54) is 10.9 Å². The SMILES string of the molecule is CCn1ncc(Cl)c1C(=O)c1ccc(F)c(F)c1F. The van der Waals surface area contributed by atoms with E-state index < -0.39 is 28.8 Å². The summed E-state index contributed by atoms with van der Waals surface area (Å²) < 4.78 is 40.8. The number of rotatable bonds is 3. The average molecular weight is 289 g/mol. The van der Waals surface area contributed by atoms with Crippen molar-refractivity contribution < 1.29 is 18.0 Å². The molecule has 1 heterocycles. The van der Waals surface area contributed by atoms with Crippen molar-refractivity contribution in [2.45, 2.75) is 13.5 Å². The van der Waals surface area contributed by atoms with Gasteiger partial charge < -0.3 is 0 Å². The van der Waals surface area contributed by atoms with Crippen LogP contribution in [-0.2, 0) is 6.54 Å². The van der Waals surface area contributed by atoms with Crippen LogP contribution in [0.5, 0.6) is 0 Å². The molecule has 0 spiro atoms. The minimum absolute atomic E-state index is 0.0241. The maximum Gasteiger partial charge on any atom is 0.215 e. The third-order valence-electron chi connectivity index (χ3n) is 2.59. The summed E-state index contributed by atoms with van der Waals surface area (Å²) in [6, 6.07) is 1.56. The first-order chi connectivity index (χ1) is 8.97. The number of aryl methyl sites for hydroxylation is 1. The van der Waals surface area contributed by atoms with Gasteiger partial charge in [-0.25, -0.2) is 13.2 Å². The fourth-order valence-corrected chi connectivity index (χ4v) is 1.88. The van der Waals surface area contributed by atoms with E-state index in [1.807, 2.05) is 0 Å². The monoisotopic (exact) mass is 288 g/mol. The molecule has 0 unspecified atom stereocenters. The molecule has 0 radical (unpaired) electrons. The normalized spacial score (nSPS) is 10.8. The fraction of sp³-hybridized carbons (Fsp3) is 0.167. The van der Waals surface area contributed by atoms with Crippen LogP contribution in [-0.4, -0.2) is 15.6 Å². The first kappa shape index (κ1) is 13.6. The molecule has 0 N–H and O–H groups in total. The Morgan fingerprint density at radius 2 is 2.00 bits per heavy atom. The summed E-state index contributed by atoms with van der Waals surface area (Å²) in [4.78, 5) is 12.1. The molecule has 0 fully saturated rings. The van der Waals surface area contributed by atoms with Crippen LogP contribution in [0.4, 0.5) is 13.2 Å². The molecule has 2 aromatic rings. The Morgan fingerprint density at radius 1 is 1.32 bits per heavy atom. The quantitative estimate of drug-likeness (QED) is 0.642. The van der Waals surface area contributed by atoms with Crippen LogP contribution in [0.1, 0.15) is 23.0 Å². The lowest BCUT2D eigenvalue weighted by Gasteiger charge is -2.06. The first-order valence-electron chi connectivity index (χ1n) is 5.36. The van der Waals surface area contributed by atoms with Crippen molar-refractivity contribution in [2.24, 2.45) is 0 Å². The number of carbonyl (C=O) groups is 1. The summed E-state index contributed by atoms with van der Waals surface area (Å²) in [6.07, 6.45) is 1.23. The first-order valence-corrected chi connectivity index (χ1v) is 5.74. The highest BCUT2D eigenvalue weighted by Crippen LogP contribution is 2.23. The van der Waals surface area contributed by atoms with Crippen LogP contribution in [0, 0.1) is 17.5 Å². The predicted octanol–water partition coefficient (Wildman–Crippen LogP) is 3.20. The molecule has 1 aromatic carbocycles. The summed E-state index contributed by atoms with van der Waals surface area (Å²) in [5.74, 6) is -5.43. The number of carbonyl (C=O) groups excluding carboxylic acids is 1. The Balaban J connectivity index is 2.57. The van der Waals surface area contributed by atoms with Crippen LogP contribution in [0.25, 0.3) is 0 Å². The number of hydrogen-bond donors (Lipinski definition) is 0. The zero-order valence-electron chi connectivity index (χ0n) is 9.75. The molecule has 7 heteroatoms. The van der Waals surface area contributed by atoms with E-state index in [9.17, 15) is 18.0 Å². The number of halogens is 4. The number of ketones is 1. The van der Waals surface area contributed by atoms with Crippen molar-refractivity contribution in [2.75, 3.05) is 0 Å². The molecule has 0 bridgehead atoms. The van der Waals surface area contributed by atoms with Crippen LogP contribution in [0.15, 0.2) is 18.3 Å². The number of aromatic nitrogens is 2. The molecule has 2 rings (SSSR count). The van der Waals surface area contributed by atoms with Crippen LogP contribution >= 0.6 is 11.6 Å². The van der Waals surface area contributed by atoms with Gasteiger partial charge in [0, 0.05) is 6.54 Å². The maximum atomic E-state index is 13.6. The van der Waals surface area contributed by atoms with E-state index in [1.54, 1.807) is 6.92 Å². The Labute approximate surface area is 111 Å². The van der Waals surface area contributed by atoms with Gasteiger partial charge in [0.25, 0.3) is 0 Å². The molecule has 19 heavy (non-hydrogen) atoms. The second kappa shape index (κ2) is 5.05. The van der Waals surface area contributed by atoms with Gasteiger partial charge >= 0.3 is 0 Å². The van der Waals surface area contributed by atoms with Gasteiger partial charge in [0.1, 0.15) is 5.69 Å². The molecule has 3 nitrogen and oxygen atoms in total. The van der Waals surface area contributed by atoms with E-state index in [2.05, 4.69) is 5.10 Å². The topological polar surface area (TPSA) is 34.9 Å². The lowest BCUT2D eigenvalue weighted by atomic mass is 10.1. The van der Waals surface area contributed by atoms with Gasteiger partial charge in [0.2, 0.25) is 5.78 Å². The third kappa shape index (κ3) is 2.23. The van der Waals surface area contributed by atoms with Crippen LogP contribution in [0.2, 0.25) is 5.02 Å². The highest BCUT2D eigenvalue weighted by atomic mass is 35.5. The van der Waals surface area contributed by atoms with Crippen LogP contribution in [0.3, 0.4) is 0 Å². The lowest BCUT2D eigenvalue weighted by Crippen LogP contribution is -2.13. The minimum Gasteiger partial charge on any atom is -0.287 e. The summed E-state index contributed by atoms with van der Waals surface area (Å²) in [5, 5.41) is 3.85. The molecule has 0 aliphatic rings. The van der Waals surface area contributed by atoms with Crippen molar-refractivity contribution in [3.63, 3.8) is 0 Å². The molecule has 1 aromatic heterocycles. The van der Waals surface area contributed by atoms with Crippen molar-refractivity contribution >= 4 is 17.4 Å². The molecule has 0 aliphatic heterocycles. The third-order valence-corrected chi connectivity index (χ3v) is 2.87. The maximum absolute atomic E-state index is 13.6. The standard InChI is InChI=1S/C12H8ClF3N2O/c1-2-18-11(7(13)5-17-18)12(19)6-3-4-8(14)10(16)9(6)15/h3-5H,2H2,1H3. The zero-order chi connectivity index (χ0) is 14.2. The molecule has 0 saturated carbocycles. The Hall–Kier alpha value is -1.82. The summed E-state index contributed by atoms with van der Waals surface area (Å²) in [5.41, 5.74) is -0.648. The van der Waals surface area contributed by atoms with Gasteiger partial charge in [-0.1, -0.05) is 11.6 Å². The van der Waals surface area contributed by atoms with Crippen molar-refractivity contribution in [1.29, 1.82) is 0 Å². The second-order valence-electron chi connectivity index (χ2n) is 3.71. The van der Waals surface area contributed by atoms with Gasteiger partial charge in [-0.05, 0) is 19.1 Å². The molecular weight excluding hydrogens is 281 g/mol. The molecule has 0 amide bonds. The summed E-state index contributed by atoms with van der Waals surface area (Å²) in [7, 11) is 0. The molecule has 0 aliphatic carbocycles. The number of nitrogens with zero attached hydrogens (tertiary/aromatic N) is 2. The van der Waals surface area contributed by atoms with Gasteiger partial charge in [-0.15, -0.1) is 0 Å². The van der Waals surface area contributed by atoms with Gasteiger partial charge in [0.05, 0.1) is 16.8 Å². The summed E-state index contributed by atoms with van der Waals surface area (Å²) >= 11 is 5.80. The Kier molecular flexibility index (Phi) is 3.61. The predicted molar refractivity (Wildman–Crippen MR) is 62.7 cm³/mol. The van der Waals surface area contributed by atoms with Crippen molar-refractivity contribution in [3.8, 4) is 0 Å². The highest BCUT2D eigenvalue weighted by Gasteiger charge is 2.24. The van der Waals surface area contributed by atoms with E-state index >= 15 is 0 Å². The van der Waals surface area contributed by atoms with Gasteiger partial charge in [0.15, 0.2) is 17.5 Å². The van der Waals surface area contributed by atoms with E-state index in [0.29, 0.717) is 12.6 Å². The van der Waals surface area contributed by atoms with E-state index in [-0.39, 0.29) is 10.7 Å². The summed E-state index contributed by atoms with van der Waals surface area (Å²) in [6.45, 7) is 2.04. The minimum atomic E-state index is -1.69. The Bertz CT molecular complexity index is 655. The van der Waals surface area contributed by atoms with E-state index in [4.69, 9.17) is 11.6 Å². The fourth-order valence-electron chi connectivity index (χ4n) is 1.66. The highest BCUT2D eigenvalue weighted by molar-refractivity contribution is 6.34. The largest absolute Gasteiger partial charge is 0.287 e. The molecule has 0 saturated heterocycles. The zero-order valence-corrected chi connectivity index (χ0v) is 10.5. The Morgan fingerprint density at radius 3 is 2.63 bits per heavy atom. The second-order valence-corrected chi connectivity index (χ2v) is 4.12. The van der Waals surface area contributed by atoms with Gasteiger partial charge in [-0.2, -0.15) is 5.10 Å². The average Bonchev–Trinajstić information content (AvgIpc) is 2.76. The van der Waals surface area contributed by atoms with Crippen molar-refractivity contribution in [1.82, 2.24) is 9.78 Å². The molecule has 100 valence electrons. The smallest absolute Gasteiger partial charge is 0.215 e. The molecule has 0 atom stereocenters.